The Morgan fingerprint density at radius 2 is 1.08 bits per heavy atom. The summed E-state index contributed by atoms with van der Waals surface area (Å²) in [4.78, 5) is 151. The van der Waals surface area contributed by atoms with Crippen molar-refractivity contribution < 1.29 is 86.3 Å². The summed E-state index contributed by atoms with van der Waals surface area (Å²) in [7, 11) is 4.64. The molecule has 3 amide bonds. The number of carbonyl (C=O) groups is 11. The molecule has 1 aromatic rings. The molecule has 1 rings (SSSR count). The molecule has 0 heterocycles. The summed E-state index contributed by atoms with van der Waals surface area (Å²) < 4.78 is 29.1. The van der Waals surface area contributed by atoms with Crippen LogP contribution in [-0.4, -0.2) is 146 Å². The number of methoxy groups -OCH3 is 5. The maximum absolute atomic E-state index is 15.3. The number of aliphatic carboxylic acids is 1. The first kappa shape index (κ1) is 56.7. The summed E-state index contributed by atoms with van der Waals surface area (Å²) in [5.74, 6) is -18.5. The highest BCUT2D eigenvalue weighted by Gasteiger charge is 2.65. The molecule has 0 radical (unpaired) electrons. The lowest BCUT2D eigenvalue weighted by Gasteiger charge is -2.45. The molecule has 0 aliphatic carbocycles. The van der Waals surface area contributed by atoms with E-state index in [1.807, 2.05) is 0 Å². The molecule has 0 saturated heterocycles. The van der Waals surface area contributed by atoms with Crippen LogP contribution < -0.4 is 22.5 Å². The second-order valence-electron chi connectivity index (χ2n) is 15.6. The first-order valence-corrected chi connectivity index (χ1v) is 20.2. The maximum Gasteiger partial charge on any atom is 0.408 e. The third-order valence-corrected chi connectivity index (χ3v) is 9.98. The Morgan fingerprint density at radius 1 is 0.631 bits per heavy atom. The molecule has 0 aliphatic rings. The number of nitrogens with one attached hydrogen (secondary N) is 1. The molecule has 8 N–H and O–H groups in total. The van der Waals surface area contributed by atoms with Gasteiger partial charge >= 0.3 is 41.9 Å². The lowest BCUT2D eigenvalue weighted by molar-refractivity contribution is -0.182. The van der Waals surface area contributed by atoms with E-state index in [0.717, 1.165) is 28.4 Å². The monoisotopic (exact) mass is 923 g/mol. The number of carboxylic acid groups (broad SMARTS) is 1. The minimum absolute atomic E-state index is 0.0407. The van der Waals surface area contributed by atoms with Gasteiger partial charge in [0.05, 0.1) is 47.4 Å². The van der Waals surface area contributed by atoms with E-state index in [2.05, 4.69) is 19.5 Å². The fraction of sp³-hybridized carbons (Fsp3) is 0.595. The van der Waals surface area contributed by atoms with Crippen molar-refractivity contribution >= 4 is 65.3 Å². The second-order valence-corrected chi connectivity index (χ2v) is 15.6. The number of hydrogen-bond acceptors (Lipinski definition) is 20. The fourth-order valence-electron chi connectivity index (χ4n) is 6.77. The number of esters is 5. The molecule has 0 aromatic heterocycles. The van der Waals surface area contributed by atoms with Gasteiger partial charge in [0.2, 0.25) is 17.4 Å². The Labute approximate surface area is 375 Å². The number of imide groups is 1. The molecule has 0 saturated carbocycles. The van der Waals surface area contributed by atoms with E-state index in [-0.39, 0.29) is 10.5 Å². The summed E-state index contributed by atoms with van der Waals surface area (Å²) in [6, 6.07) is 1.14. The smallest absolute Gasteiger partial charge is 0.408 e. The summed E-state index contributed by atoms with van der Waals surface area (Å²) in [5, 5.41) is 13.3. The normalized spacial score (nSPS) is 14.8. The highest BCUT2D eigenvalue weighted by Crippen LogP contribution is 2.40. The standard InChI is InChI=1S/C42H61N5O18/c1-41(2,3)65-40(59)46-28(38(57)63-7)17-18-29(48)33(24(34(52)53)22-23-12-10-9-11-13-23)42(39(58)64-8,30(49)19-14-25(43)35(54)60-4)47(31(50)20-15-26(44)36(55)61-5)32(51)21-16-27(45)37(56)62-6/h9-13,24-28,33H,14-22,43-45H2,1-8H3,(H,46,59)(H,52,53)/t24?,25-,26-,27-,28-,33?,42-/m0/s1. The van der Waals surface area contributed by atoms with E-state index >= 15 is 9.59 Å². The summed E-state index contributed by atoms with van der Waals surface area (Å²) in [6.45, 7) is 4.57. The number of amides is 3. The Kier molecular flexibility index (Phi) is 23.1. The Hall–Kier alpha value is -6.33. The van der Waals surface area contributed by atoms with Crippen LogP contribution in [0.25, 0.3) is 0 Å². The van der Waals surface area contributed by atoms with Gasteiger partial charge in [0, 0.05) is 25.7 Å². The van der Waals surface area contributed by atoms with Crippen molar-refractivity contribution in [2.24, 2.45) is 29.0 Å². The fourth-order valence-corrected chi connectivity index (χ4v) is 6.77. The molecule has 0 bridgehead atoms. The zero-order valence-electron chi connectivity index (χ0n) is 37.8. The molecule has 23 heteroatoms. The Bertz CT molecular complexity index is 1850. The molecule has 23 nitrogen and oxygen atoms in total. The molecule has 362 valence electrons. The quantitative estimate of drug-likeness (QED) is 0.0450. The molecule has 0 fully saturated rings. The van der Waals surface area contributed by atoms with E-state index in [4.69, 9.17) is 31.4 Å². The molecule has 1 aromatic carbocycles. The topological polar surface area (TPSA) is 357 Å². The second kappa shape index (κ2) is 26.5. The first-order chi connectivity index (χ1) is 30.4. The maximum atomic E-state index is 15.3. The number of nitrogens with zero attached hydrogens (tertiary/aromatic N) is 1. The average molecular weight is 924 g/mol. The number of carboxylic acids is 1. The van der Waals surface area contributed by atoms with Gasteiger partial charge in [0.25, 0.3) is 0 Å². The molecular formula is C42H61N5O18. The van der Waals surface area contributed by atoms with Crippen LogP contribution in [0.5, 0.6) is 0 Å². The predicted molar refractivity (Wildman–Crippen MR) is 223 cm³/mol. The summed E-state index contributed by atoms with van der Waals surface area (Å²) in [5.41, 5.74) is 13.3. The van der Waals surface area contributed by atoms with Crippen molar-refractivity contribution in [3.05, 3.63) is 35.9 Å². The number of benzene rings is 1. The van der Waals surface area contributed by atoms with E-state index in [9.17, 15) is 48.3 Å². The van der Waals surface area contributed by atoms with Crippen molar-refractivity contribution in [3.8, 4) is 0 Å². The van der Waals surface area contributed by atoms with Gasteiger partial charge in [0.15, 0.2) is 5.78 Å². The van der Waals surface area contributed by atoms with E-state index in [1.165, 1.54) is 45.0 Å². The van der Waals surface area contributed by atoms with Crippen LogP contribution in [0, 0.1) is 11.8 Å². The number of ketones is 2. The molecule has 65 heavy (non-hydrogen) atoms. The lowest BCUT2D eigenvalue weighted by atomic mass is 9.66. The summed E-state index contributed by atoms with van der Waals surface area (Å²) >= 11 is 0. The number of alkyl carbamates (subject to hydrolysis) is 1. The van der Waals surface area contributed by atoms with Crippen molar-refractivity contribution in [2.45, 2.75) is 114 Å². The van der Waals surface area contributed by atoms with Crippen LogP contribution in [0.2, 0.25) is 0 Å². The number of carbonyl (C=O) groups excluding carboxylic acids is 10. The van der Waals surface area contributed by atoms with Crippen LogP contribution in [0.4, 0.5) is 4.79 Å². The van der Waals surface area contributed by atoms with E-state index in [0.29, 0.717) is 7.11 Å². The van der Waals surface area contributed by atoms with Gasteiger partial charge in [-0.1, -0.05) is 30.3 Å². The van der Waals surface area contributed by atoms with Gasteiger partial charge in [-0.3, -0.25) is 43.3 Å². The minimum atomic E-state index is -3.61. The third-order valence-electron chi connectivity index (χ3n) is 9.98. The molecule has 0 aliphatic heterocycles. The average Bonchev–Trinajstić information content (AvgIpc) is 3.27. The highest BCUT2D eigenvalue weighted by molar-refractivity contribution is 6.19. The molecular weight excluding hydrogens is 862 g/mol. The van der Waals surface area contributed by atoms with Crippen LogP contribution in [0.3, 0.4) is 0 Å². The zero-order valence-corrected chi connectivity index (χ0v) is 37.8. The van der Waals surface area contributed by atoms with Crippen molar-refractivity contribution in [1.82, 2.24) is 10.2 Å². The highest BCUT2D eigenvalue weighted by atomic mass is 16.6. The first-order valence-electron chi connectivity index (χ1n) is 20.2. The van der Waals surface area contributed by atoms with Gasteiger partial charge in [-0.05, 0) is 58.4 Å². The SMILES string of the molecule is COC(=O)[C@H](CCC(=O)C(C(Cc1ccccc1)C(=O)O)[C@@](C(=O)CC[C@H](N)C(=O)OC)(C(=O)OC)N(C(=O)CC[C@H](N)C(=O)OC)C(=O)CC[C@H](N)C(=O)OC)NC(=O)OC(C)(C)C. The zero-order chi connectivity index (χ0) is 49.8. The number of ether oxygens (including phenoxy) is 6. The van der Waals surface area contributed by atoms with Gasteiger partial charge in [-0.2, -0.15) is 0 Å². The predicted octanol–water partition coefficient (Wildman–Crippen LogP) is -0.361. The van der Waals surface area contributed by atoms with Crippen molar-refractivity contribution in [1.29, 1.82) is 0 Å². The number of nitrogens with two attached hydrogens (primary N) is 3. The van der Waals surface area contributed by atoms with Crippen molar-refractivity contribution in [3.63, 3.8) is 0 Å². The molecule has 0 spiro atoms. The third kappa shape index (κ3) is 16.3. The van der Waals surface area contributed by atoms with E-state index < -0.39 is 170 Å². The van der Waals surface area contributed by atoms with Crippen LogP contribution in [-0.2, 0) is 82.8 Å². The van der Waals surface area contributed by atoms with Crippen LogP contribution >= 0.6 is 0 Å². The van der Waals surface area contributed by atoms with Gasteiger partial charge < -0.3 is 56.0 Å². The number of rotatable bonds is 26. The molecule has 2 unspecified atom stereocenters. The van der Waals surface area contributed by atoms with Gasteiger partial charge in [0.1, 0.15) is 35.6 Å². The van der Waals surface area contributed by atoms with Crippen molar-refractivity contribution in [2.75, 3.05) is 35.5 Å². The number of hydrogen-bond donors (Lipinski definition) is 5. The number of Topliss-reactive ketones (excluding diaryl/α,β-unsaturated/α-hetero) is 2. The largest absolute Gasteiger partial charge is 0.481 e. The molecule has 7 atom stereocenters. The Balaban J connectivity index is 4.56. The van der Waals surface area contributed by atoms with Crippen LogP contribution in [0.15, 0.2) is 30.3 Å². The van der Waals surface area contributed by atoms with E-state index in [1.54, 1.807) is 6.07 Å². The van der Waals surface area contributed by atoms with Crippen LogP contribution in [0.1, 0.15) is 77.7 Å². The van der Waals surface area contributed by atoms with Gasteiger partial charge in [-0.15, -0.1) is 0 Å². The Morgan fingerprint density at radius 3 is 1.48 bits per heavy atom. The van der Waals surface area contributed by atoms with Gasteiger partial charge in [-0.25, -0.2) is 14.4 Å². The lowest BCUT2D eigenvalue weighted by Crippen LogP contribution is -2.71. The minimum Gasteiger partial charge on any atom is -0.481 e. The summed E-state index contributed by atoms with van der Waals surface area (Å²) in [6.07, 6.45) is -8.29.